The average Bonchev–Trinajstić information content (AvgIpc) is 2.45. The van der Waals surface area contributed by atoms with Crippen molar-refractivity contribution in [1.82, 2.24) is 4.90 Å². The average molecular weight is 325 g/mol. The van der Waals surface area contributed by atoms with Crippen LogP contribution in [0.15, 0.2) is 24.3 Å². The summed E-state index contributed by atoms with van der Waals surface area (Å²) in [6.45, 7) is 0.937. The predicted octanol–water partition coefficient (Wildman–Crippen LogP) is 0.396. The minimum absolute atomic E-state index is 0.178. The van der Waals surface area contributed by atoms with Crippen LogP contribution in [0.5, 0.6) is 0 Å². The van der Waals surface area contributed by atoms with Crippen molar-refractivity contribution in [2.24, 2.45) is 11.7 Å². The number of piperidine rings is 1. The Morgan fingerprint density at radius 1 is 1.27 bits per heavy atom. The van der Waals surface area contributed by atoms with Gasteiger partial charge in [-0.05, 0) is 31.0 Å². The lowest BCUT2D eigenvalue weighted by molar-refractivity contribution is -0.123. The van der Waals surface area contributed by atoms with Crippen LogP contribution in [0.25, 0.3) is 0 Å². The number of hydrogen-bond acceptors (Lipinski definition) is 4. The number of sulfonamides is 1. The van der Waals surface area contributed by atoms with Crippen LogP contribution in [0.4, 0.5) is 5.69 Å². The fraction of sp³-hybridized carbons (Fsp3) is 0.429. The standard InChI is InChI=1S/C14H19N3O4S/c1-22(20,21)16-12-4-2-3-11(9-12)14(19)17-7-5-10(6-8-17)13(15)18/h2-4,9-10,16H,5-8H2,1H3,(H2,15,18). The number of rotatable bonds is 4. The zero-order valence-electron chi connectivity index (χ0n) is 12.3. The molecule has 0 unspecified atom stereocenters. The Balaban J connectivity index is 2.07. The summed E-state index contributed by atoms with van der Waals surface area (Å²) in [5.74, 6) is -0.686. The van der Waals surface area contributed by atoms with E-state index in [2.05, 4.69) is 4.72 Å². The van der Waals surface area contributed by atoms with E-state index in [1.165, 1.54) is 6.07 Å². The highest BCUT2D eigenvalue weighted by Gasteiger charge is 2.26. The van der Waals surface area contributed by atoms with Gasteiger partial charge in [0.25, 0.3) is 5.91 Å². The number of carbonyl (C=O) groups excluding carboxylic acids is 2. The van der Waals surface area contributed by atoms with E-state index < -0.39 is 10.0 Å². The van der Waals surface area contributed by atoms with Crippen LogP contribution in [0, 0.1) is 5.92 Å². The molecule has 0 aromatic heterocycles. The lowest BCUT2D eigenvalue weighted by Gasteiger charge is -2.30. The highest BCUT2D eigenvalue weighted by Crippen LogP contribution is 2.20. The topological polar surface area (TPSA) is 110 Å². The van der Waals surface area contributed by atoms with Crippen LogP contribution in [0.1, 0.15) is 23.2 Å². The molecule has 1 saturated heterocycles. The number of anilines is 1. The quantitative estimate of drug-likeness (QED) is 0.834. The molecule has 1 aliphatic heterocycles. The van der Waals surface area contributed by atoms with Crippen molar-refractivity contribution in [2.45, 2.75) is 12.8 Å². The van der Waals surface area contributed by atoms with Gasteiger partial charge in [0.1, 0.15) is 0 Å². The molecule has 1 aliphatic rings. The van der Waals surface area contributed by atoms with E-state index in [1.54, 1.807) is 23.1 Å². The van der Waals surface area contributed by atoms with E-state index >= 15 is 0 Å². The molecule has 0 atom stereocenters. The second-order valence-corrected chi connectivity index (χ2v) is 7.17. The lowest BCUT2D eigenvalue weighted by atomic mass is 9.96. The molecule has 3 N–H and O–H groups in total. The first-order valence-corrected chi connectivity index (χ1v) is 8.82. The van der Waals surface area contributed by atoms with Gasteiger partial charge in [-0.3, -0.25) is 14.3 Å². The zero-order chi connectivity index (χ0) is 16.3. The number of nitrogens with two attached hydrogens (primary N) is 1. The van der Waals surface area contributed by atoms with Crippen molar-refractivity contribution < 1.29 is 18.0 Å². The minimum atomic E-state index is -3.39. The molecule has 1 aromatic rings. The van der Waals surface area contributed by atoms with Crippen molar-refractivity contribution in [3.8, 4) is 0 Å². The summed E-state index contributed by atoms with van der Waals surface area (Å²) in [5, 5.41) is 0. The first kappa shape index (κ1) is 16.3. The third-order valence-electron chi connectivity index (χ3n) is 3.60. The Morgan fingerprint density at radius 2 is 1.91 bits per heavy atom. The van der Waals surface area contributed by atoms with Crippen LogP contribution < -0.4 is 10.5 Å². The highest BCUT2D eigenvalue weighted by atomic mass is 32.2. The molecule has 22 heavy (non-hydrogen) atoms. The van der Waals surface area contributed by atoms with E-state index in [0.29, 0.717) is 37.2 Å². The molecular weight excluding hydrogens is 306 g/mol. The number of amides is 2. The third kappa shape index (κ3) is 4.20. The predicted molar refractivity (Wildman–Crippen MR) is 82.7 cm³/mol. The number of nitrogens with one attached hydrogen (secondary N) is 1. The maximum atomic E-state index is 12.4. The van der Waals surface area contributed by atoms with E-state index in [0.717, 1.165) is 6.26 Å². The molecule has 7 nitrogen and oxygen atoms in total. The largest absolute Gasteiger partial charge is 0.369 e. The maximum Gasteiger partial charge on any atom is 0.253 e. The number of primary amides is 1. The zero-order valence-corrected chi connectivity index (χ0v) is 13.1. The van der Waals surface area contributed by atoms with Gasteiger partial charge in [-0.25, -0.2) is 8.42 Å². The fourth-order valence-corrected chi connectivity index (χ4v) is 3.03. The molecule has 8 heteroatoms. The molecule has 1 aromatic carbocycles. The van der Waals surface area contributed by atoms with Gasteiger partial charge < -0.3 is 10.6 Å². The number of likely N-dealkylation sites (tertiary alicyclic amines) is 1. The molecule has 0 bridgehead atoms. The van der Waals surface area contributed by atoms with Crippen LogP contribution >= 0.6 is 0 Å². The summed E-state index contributed by atoms with van der Waals surface area (Å²) in [6.07, 6.45) is 2.17. The van der Waals surface area contributed by atoms with Crippen molar-refractivity contribution >= 4 is 27.5 Å². The van der Waals surface area contributed by atoms with Crippen molar-refractivity contribution in [3.05, 3.63) is 29.8 Å². The van der Waals surface area contributed by atoms with Crippen LogP contribution in [0.2, 0.25) is 0 Å². The minimum Gasteiger partial charge on any atom is -0.369 e. The molecule has 2 amide bonds. The van der Waals surface area contributed by atoms with Crippen LogP contribution in [-0.2, 0) is 14.8 Å². The summed E-state index contributed by atoms with van der Waals surface area (Å²) in [5.41, 5.74) is 6.03. The monoisotopic (exact) mass is 325 g/mol. The van der Waals surface area contributed by atoms with E-state index in [1.807, 2.05) is 0 Å². The van der Waals surface area contributed by atoms with Gasteiger partial charge in [0.15, 0.2) is 0 Å². The molecule has 0 saturated carbocycles. The van der Waals surface area contributed by atoms with E-state index in [-0.39, 0.29) is 17.7 Å². The number of nitrogens with zero attached hydrogens (tertiary/aromatic N) is 1. The van der Waals surface area contributed by atoms with Crippen molar-refractivity contribution in [2.75, 3.05) is 24.1 Å². The Labute approximate surface area is 129 Å². The van der Waals surface area contributed by atoms with Crippen LogP contribution in [-0.4, -0.2) is 44.5 Å². The maximum absolute atomic E-state index is 12.4. The van der Waals surface area contributed by atoms with Crippen molar-refractivity contribution in [3.63, 3.8) is 0 Å². The first-order valence-electron chi connectivity index (χ1n) is 6.93. The second-order valence-electron chi connectivity index (χ2n) is 5.42. The molecule has 1 fully saturated rings. The Bertz CT molecular complexity index is 679. The second kappa shape index (κ2) is 6.35. The van der Waals surface area contributed by atoms with Crippen molar-refractivity contribution in [1.29, 1.82) is 0 Å². The van der Waals surface area contributed by atoms with Gasteiger partial charge in [0.2, 0.25) is 15.9 Å². The smallest absolute Gasteiger partial charge is 0.253 e. The highest BCUT2D eigenvalue weighted by molar-refractivity contribution is 7.92. The summed E-state index contributed by atoms with van der Waals surface area (Å²) < 4.78 is 24.8. The Morgan fingerprint density at radius 3 is 2.45 bits per heavy atom. The summed E-state index contributed by atoms with van der Waals surface area (Å²) in [6, 6.07) is 6.34. The number of hydrogen-bond donors (Lipinski definition) is 2. The Kier molecular flexibility index (Phi) is 4.70. The summed E-state index contributed by atoms with van der Waals surface area (Å²) >= 11 is 0. The normalized spacial score (nSPS) is 16.3. The van der Waals surface area contributed by atoms with Gasteiger partial charge in [0.05, 0.1) is 6.26 Å². The first-order chi connectivity index (χ1) is 10.3. The lowest BCUT2D eigenvalue weighted by Crippen LogP contribution is -2.41. The number of benzene rings is 1. The van der Waals surface area contributed by atoms with E-state index in [9.17, 15) is 18.0 Å². The SMILES string of the molecule is CS(=O)(=O)Nc1cccc(C(=O)N2CCC(C(N)=O)CC2)c1. The molecular formula is C14H19N3O4S. The van der Waals surface area contributed by atoms with Crippen LogP contribution in [0.3, 0.4) is 0 Å². The molecule has 0 spiro atoms. The molecule has 120 valence electrons. The van der Waals surface area contributed by atoms with Gasteiger partial charge in [-0.15, -0.1) is 0 Å². The van der Waals surface area contributed by atoms with Gasteiger partial charge in [0, 0.05) is 30.3 Å². The van der Waals surface area contributed by atoms with Gasteiger partial charge >= 0.3 is 0 Å². The van der Waals surface area contributed by atoms with Gasteiger partial charge in [-0.1, -0.05) is 6.07 Å². The number of carbonyl (C=O) groups is 2. The molecule has 0 radical (unpaired) electrons. The summed E-state index contributed by atoms with van der Waals surface area (Å²) in [4.78, 5) is 25.2. The summed E-state index contributed by atoms with van der Waals surface area (Å²) in [7, 11) is -3.39. The van der Waals surface area contributed by atoms with Gasteiger partial charge in [-0.2, -0.15) is 0 Å². The Hall–Kier alpha value is -2.09. The molecule has 2 rings (SSSR count). The third-order valence-corrected chi connectivity index (χ3v) is 4.20. The molecule has 0 aliphatic carbocycles. The van der Waals surface area contributed by atoms with E-state index in [4.69, 9.17) is 5.73 Å². The molecule has 1 heterocycles. The fourth-order valence-electron chi connectivity index (χ4n) is 2.48.